The van der Waals surface area contributed by atoms with Crippen molar-refractivity contribution in [1.29, 1.82) is 0 Å². The molecule has 4 rings (SSSR count). The summed E-state index contributed by atoms with van der Waals surface area (Å²) in [6, 6.07) is 8.06. The maximum Gasteiger partial charge on any atom is 0.337 e. The topological polar surface area (TPSA) is 64.3 Å². The van der Waals surface area contributed by atoms with Crippen LogP contribution in [0.5, 0.6) is 0 Å². The maximum absolute atomic E-state index is 11.8. The molecule has 1 N–H and O–H groups in total. The van der Waals surface area contributed by atoms with Crippen molar-refractivity contribution in [2.45, 2.75) is 32.1 Å². The number of hydrogen-bond acceptors (Lipinski definition) is 3. The zero-order valence-corrected chi connectivity index (χ0v) is 16.2. The van der Waals surface area contributed by atoms with Crippen LogP contribution < -0.4 is 0 Å². The molecule has 0 aliphatic heterocycles. The highest BCUT2D eigenvalue weighted by atomic mass is 16.5. The third-order valence-corrected chi connectivity index (χ3v) is 5.21. The van der Waals surface area contributed by atoms with Gasteiger partial charge in [-0.15, -0.1) is 0 Å². The number of carboxylic acids is 1. The molecule has 0 spiro atoms. The maximum atomic E-state index is 11.8. The van der Waals surface area contributed by atoms with Crippen molar-refractivity contribution < 1.29 is 14.6 Å². The molecule has 0 atom stereocenters. The first kappa shape index (κ1) is 18.3. The summed E-state index contributed by atoms with van der Waals surface area (Å²) in [4.78, 5) is 16.3. The zero-order valence-electron chi connectivity index (χ0n) is 16.2. The van der Waals surface area contributed by atoms with Gasteiger partial charge in [-0.05, 0) is 67.2 Å². The van der Waals surface area contributed by atoms with Crippen LogP contribution in [0.1, 0.15) is 58.4 Å². The quantitative estimate of drug-likeness (QED) is 0.605. The molecule has 1 aliphatic rings. The third-order valence-electron chi connectivity index (χ3n) is 5.21. The van der Waals surface area contributed by atoms with E-state index in [0.717, 1.165) is 40.4 Å². The van der Waals surface area contributed by atoms with Crippen molar-refractivity contribution in [3.05, 3.63) is 70.9 Å². The van der Waals surface area contributed by atoms with Crippen LogP contribution in [0.3, 0.4) is 0 Å². The molecule has 0 bridgehead atoms. The number of nitrogens with zero attached hydrogens (tertiary/aromatic N) is 2. The second-order valence-electron chi connectivity index (χ2n) is 7.33. The van der Waals surface area contributed by atoms with Crippen molar-refractivity contribution in [1.82, 2.24) is 9.55 Å². The van der Waals surface area contributed by atoms with E-state index in [-0.39, 0.29) is 0 Å². The van der Waals surface area contributed by atoms with E-state index >= 15 is 0 Å². The molecular formula is C23H24N2O3. The second kappa shape index (κ2) is 7.50. The van der Waals surface area contributed by atoms with Gasteiger partial charge in [0.15, 0.2) is 0 Å². The van der Waals surface area contributed by atoms with Crippen molar-refractivity contribution in [2.75, 3.05) is 6.61 Å². The van der Waals surface area contributed by atoms with Gasteiger partial charge in [-0.2, -0.15) is 0 Å². The highest BCUT2D eigenvalue weighted by Crippen LogP contribution is 2.40. The molecule has 0 unspecified atom stereocenters. The Hall–Kier alpha value is -3.08. The van der Waals surface area contributed by atoms with Crippen molar-refractivity contribution in [3.63, 3.8) is 0 Å². The fourth-order valence-corrected chi connectivity index (χ4v) is 3.66. The third kappa shape index (κ3) is 3.65. The van der Waals surface area contributed by atoms with Gasteiger partial charge in [-0.1, -0.05) is 0 Å². The Bertz CT molecular complexity index is 1060. The lowest BCUT2D eigenvalue weighted by Gasteiger charge is -2.10. The van der Waals surface area contributed by atoms with Crippen LogP contribution in [-0.2, 0) is 18.2 Å². The van der Waals surface area contributed by atoms with Gasteiger partial charge in [-0.25, -0.2) is 4.79 Å². The summed E-state index contributed by atoms with van der Waals surface area (Å²) in [6.07, 6.45) is 10.3. The highest BCUT2D eigenvalue weighted by Gasteiger charge is 2.26. The molecule has 5 nitrogen and oxygen atoms in total. The number of carbonyl (C=O) groups is 1. The SMILES string of the molecule is CCO/C=C/c1cc(Cc2ncc(C3CC3)cc2C(=O)O)cc2ccn(C)c12. The molecule has 0 radical (unpaired) electrons. The number of rotatable bonds is 7. The van der Waals surface area contributed by atoms with Crippen molar-refractivity contribution >= 4 is 22.9 Å². The molecule has 1 aromatic carbocycles. The van der Waals surface area contributed by atoms with E-state index in [0.29, 0.717) is 30.2 Å². The summed E-state index contributed by atoms with van der Waals surface area (Å²) >= 11 is 0. The summed E-state index contributed by atoms with van der Waals surface area (Å²) in [6.45, 7) is 2.56. The predicted octanol–water partition coefficient (Wildman–Crippen LogP) is 4.75. The van der Waals surface area contributed by atoms with Gasteiger partial charge >= 0.3 is 5.97 Å². The smallest absolute Gasteiger partial charge is 0.337 e. The van der Waals surface area contributed by atoms with Gasteiger partial charge in [0.2, 0.25) is 0 Å². The number of aryl methyl sites for hydroxylation is 1. The average molecular weight is 376 g/mol. The number of aromatic carboxylic acids is 1. The van der Waals surface area contributed by atoms with Crippen LogP contribution in [0.25, 0.3) is 17.0 Å². The minimum Gasteiger partial charge on any atom is -0.501 e. The van der Waals surface area contributed by atoms with Crippen molar-refractivity contribution in [2.24, 2.45) is 7.05 Å². The first-order valence-corrected chi connectivity index (χ1v) is 9.65. The van der Waals surface area contributed by atoms with E-state index in [9.17, 15) is 9.90 Å². The summed E-state index contributed by atoms with van der Waals surface area (Å²) < 4.78 is 7.45. The fourth-order valence-electron chi connectivity index (χ4n) is 3.66. The van der Waals surface area contributed by atoms with Crippen LogP contribution in [0, 0.1) is 0 Å². The van der Waals surface area contributed by atoms with Gasteiger partial charge in [0.25, 0.3) is 0 Å². The average Bonchev–Trinajstić information content (AvgIpc) is 3.45. The first-order valence-electron chi connectivity index (χ1n) is 9.65. The van der Waals surface area contributed by atoms with Gasteiger partial charge in [0.1, 0.15) is 0 Å². The summed E-state index contributed by atoms with van der Waals surface area (Å²) in [5.41, 5.74) is 5.15. The standard InChI is InChI=1S/C23H24N2O3/c1-3-28-9-7-18-11-15(10-17-6-8-25(2)22(17)18)12-21-20(23(26)27)13-19(14-24-21)16-4-5-16/h6-11,13-14,16H,3-5,12H2,1-2H3,(H,26,27)/b9-7+. The summed E-state index contributed by atoms with van der Waals surface area (Å²) in [5.74, 6) is -0.433. The van der Waals surface area contributed by atoms with Crippen LogP contribution in [0.4, 0.5) is 0 Å². The van der Waals surface area contributed by atoms with Gasteiger partial charge < -0.3 is 14.4 Å². The normalized spacial score (nSPS) is 14.1. The Morgan fingerprint density at radius 1 is 1.36 bits per heavy atom. The molecule has 3 aromatic rings. The molecule has 28 heavy (non-hydrogen) atoms. The minimum absolute atomic E-state index is 0.309. The lowest BCUT2D eigenvalue weighted by atomic mass is 9.99. The highest BCUT2D eigenvalue weighted by molar-refractivity contribution is 5.90. The number of ether oxygens (including phenoxy) is 1. The molecule has 1 saturated carbocycles. The van der Waals surface area contributed by atoms with Crippen LogP contribution in [0.2, 0.25) is 0 Å². The Balaban J connectivity index is 1.72. The van der Waals surface area contributed by atoms with Crippen LogP contribution in [0.15, 0.2) is 42.9 Å². The Labute approximate surface area is 164 Å². The minimum atomic E-state index is -0.915. The number of pyridine rings is 1. The zero-order chi connectivity index (χ0) is 19.7. The van der Waals surface area contributed by atoms with Gasteiger partial charge in [0.05, 0.1) is 29.6 Å². The van der Waals surface area contributed by atoms with E-state index in [1.54, 1.807) is 12.3 Å². The molecule has 1 fully saturated rings. The molecule has 2 aromatic heterocycles. The van der Waals surface area contributed by atoms with E-state index < -0.39 is 5.97 Å². The van der Waals surface area contributed by atoms with E-state index in [1.165, 1.54) is 0 Å². The largest absolute Gasteiger partial charge is 0.501 e. The molecule has 0 amide bonds. The predicted molar refractivity (Wildman–Crippen MR) is 110 cm³/mol. The second-order valence-corrected chi connectivity index (χ2v) is 7.33. The first-order chi connectivity index (χ1) is 13.6. The fraction of sp³-hybridized carbons (Fsp3) is 0.304. The van der Waals surface area contributed by atoms with E-state index in [1.807, 2.05) is 32.4 Å². The van der Waals surface area contributed by atoms with Crippen LogP contribution in [-0.4, -0.2) is 27.2 Å². The molecule has 0 saturated heterocycles. The molecule has 144 valence electrons. The Morgan fingerprint density at radius 2 is 2.18 bits per heavy atom. The molecule has 5 heteroatoms. The summed E-state index contributed by atoms with van der Waals surface area (Å²) in [7, 11) is 2.01. The monoisotopic (exact) mass is 376 g/mol. The van der Waals surface area contributed by atoms with Crippen molar-refractivity contribution in [3.8, 4) is 0 Å². The lowest BCUT2D eigenvalue weighted by molar-refractivity contribution is 0.0695. The van der Waals surface area contributed by atoms with Gasteiger partial charge in [-0.3, -0.25) is 4.98 Å². The van der Waals surface area contributed by atoms with E-state index in [4.69, 9.17) is 4.74 Å². The molecular weight excluding hydrogens is 352 g/mol. The lowest BCUT2D eigenvalue weighted by Crippen LogP contribution is -2.07. The number of benzene rings is 1. The number of fused-ring (bicyclic) bond motifs is 1. The number of hydrogen-bond donors (Lipinski definition) is 1. The summed E-state index contributed by atoms with van der Waals surface area (Å²) in [5, 5.41) is 10.8. The molecule has 2 heterocycles. The number of aromatic nitrogens is 2. The Kier molecular flexibility index (Phi) is 4.90. The molecule has 1 aliphatic carbocycles. The number of carboxylic acid groups (broad SMARTS) is 1. The van der Waals surface area contributed by atoms with Gasteiger partial charge in [0, 0.05) is 36.8 Å². The van der Waals surface area contributed by atoms with E-state index in [2.05, 4.69) is 27.8 Å². The van der Waals surface area contributed by atoms with Crippen LogP contribution >= 0.6 is 0 Å². The Morgan fingerprint density at radius 3 is 2.89 bits per heavy atom.